The minimum absolute atomic E-state index is 1.26. The van der Waals surface area contributed by atoms with Crippen molar-refractivity contribution in [1.29, 1.82) is 0 Å². The number of halogens is 3. The van der Waals surface area contributed by atoms with Crippen molar-refractivity contribution in [3.8, 4) is 0 Å². The summed E-state index contributed by atoms with van der Waals surface area (Å²) in [5.74, 6) is -4.23. The van der Waals surface area contributed by atoms with Crippen LogP contribution in [0.15, 0.2) is 0 Å². The summed E-state index contributed by atoms with van der Waals surface area (Å²) in [4.78, 5) is 0. The highest BCUT2D eigenvalue weighted by atomic mass is 31.2. The zero-order chi connectivity index (χ0) is 11.7. The van der Waals surface area contributed by atoms with Gasteiger partial charge in [-0.25, -0.2) is 0 Å². The van der Waals surface area contributed by atoms with Crippen molar-refractivity contribution < 1.29 is 13.2 Å². The van der Waals surface area contributed by atoms with Gasteiger partial charge in [-0.15, -0.1) is 27.2 Å². The number of alkyl halides is 3. The lowest BCUT2D eigenvalue weighted by Crippen LogP contribution is -2.44. The number of hydrogen-bond donors (Lipinski definition) is 0. The molecule has 0 saturated heterocycles. The third-order valence-electron chi connectivity index (χ3n) is 2.01. The molecule has 0 atom stereocenters. The standard InChI is InChI=1S/C7H18F3N3P/c1-11(2)14(12(3)4,13(5)6)7(8,9)10/h1-6H3/q+1. The van der Waals surface area contributed by atoms with Gasteiger partial charge in [-0.3, -0.25) is 0 Å². The van der Waals surface area contributed by atoms with Crippen molar-refractivity contribution in [2.45, 2.75) is 5.92 Å². The molecule has 14 heavy (non-hydrogen) atoms. The molecule has 0 saturated carbocycles. The second-order valence-corrected chi connectivity index (χ2v) is 7.62. The Hall–Kier alpha value is 0.100. The maximum Gasteiger partial charge on any atom is 0.561 e. The zero-order valence-corrected chi connectivity index (χ0v) is 10.3. The number of rotatable bonds is 3. The van der Waals surface area contributed by atoms with Crippen LogP contribution in [-0.2, 0) is 0 Å². The van der Waals surface area contributed by atoms with Gasteiger partial charge in [-0.2, -0.15) is 0 Å². The summed E-state index contributed by atoms with van der Waals surface area (Å²) in [5.41, 5.74) is 0. The largest absolute Gasteiger partial charge is 0.561 e. The van der Waals surface area contributed by atoms with E-state index in [1.165, 1.54) is 56.3 Å². The summed E-state index contributed by atoms with van der Waals surface area (Å²) in [6, 6.07) is 0. The minimum Gasteiger partial charge on any atom is -0.147 e. The van der Waals surface area contributed by atoms with Crippen LogP contribution in [0.4, 0.5) is 13.2 Å². The van der Waals surface area contributed by atoms with Crippen molar-refractivity contribution in [1.82, 2.24) is 14.0 Å². The molecular weight excluding hydrogens is 214 g/mol. The van der Waals surface area contributed by atoms with Crippen LogP contribution < -0.4 is 0 Å². The van der Waals surface area contributed by atoms with Crippen LogP contribution in [0.1, 0.15) is 0 Å². The summed E-state index contributed by atoms with van der Waals surface area (Å²) >= 11 is 0. The van der Waals surface area contributed by atoms with E-state index in [1.807, 2.05) is 0 Å². The Balaban J connectivity index is 5.40. The maximum atomic E-state index is 13.1. The van der Waals surface area contributed by atoms with Crippen molar-refractivity contribution in [3.05, 3.63) is 0 Å². The van der Waals surface area contributed by atoms with Crippen molar-refractivity contribution in [2.75, 3.05) is 42.3 Å². The molecule has 0 aromatic rings. The fourth-order valence-corrected chi connectivity index (χ4v) is 5.26. The van der Waals surface area contributed by atoms with Crippen LogP contribution in [0.25, 0.3) is 0 Å². The Morgan fingerprint density at radius 2 is 0.929 bits per heavy atom. The topological polar surface area (TPSA) is 9.72 Å². The molecule has 3 nitrogen and oxygen atoms in total. The maximum absolute atomic E-state index is 13.1. The first-order valence-corrected chi connectivity index (χ1v) is 5.72. The second-order valence-electron chi connectivity index (χ2n) is 3.58. The summed E-state index contributed by atoms with van der Waals surface area (Å²) in [5, 5.41) is 0. The summed E-state index contributed by atoms with van der Waals surface area (Å²) in [7, 11) is 5.36. The lowest BCUT2D eigenvalue weighted by molar-refractivity contribution is -0.0590. The van der Waals surface area contributed by atoms with Gasteiger partial charge in [0, 0.05) is 42.3 Å². The molecule has 0 aliphatic carbocycles. The molecule has 0 aliphatic heterocycles. The fraction of sp³-hybridized carbons (Fsp3) is 1.00. The lowest BCUT2D eigenvalue weighted by atomic mass is 11.2. The Labute approximate surface area is 84.0 Å². The fourth-order valence-electron chi connectivity index (χ4n) is 1.75. The second kappa shape index (κ2) is 4.31. The van der Waals surface area contributed by atoms with Crippen LogP contribution in [0, 0.1) is 0 Å². The van der Waals surface area contributed by atoms with E-state index in [-0.39, 0.29) is 0 Å². The highest BCUT2D eigenvalue weighted by Gasteiger charge is 2.71. The monoisotopic (exact) mass is 232 g/mol. The molecule has 0 aromatic carbocycles. The summed E-state index contributed by atoms with van der Waals surface area (Å²) in [6.45, 7) is 0. The van der Waals surface area contributed by atoms with Crippen molar-refractivity contribution in [2.24, 2.45) is 0 Å². The normalized spacial score (nSPS) is 14.6. The highest BCUT2D eigenvalue weighted by molar-refractivity contribution is 7.69. The van der Waals surface area contributed by atoms with Crippen LogP contribution in [0.3, 0.4) is 0 Å². The van der Waals surface area contributed by atoms with Gasteiger partial charge < -0.3 is 0 Å². The molecule has 0 spiro atoms. The van der Waals surface area contributed by atoms with E-state index in [1.54, 1.807) is 0 Å². The van der Waals surface area contributed by atoms with Crippen molar-refractivity contribution in [3.63, 3.8) is 0 Å². The van der Waals surface area contributed by atoms with Crippen molar-refractivity contribution >= 4 is 7.71 Å². The van der Waals surface area contributed by atoms with Crippen LogP contribution in [0.5, 0.6) is 0 Å². The minimum atomic E-state index is -4.23. The molecule has 0 aromatic heterocycles. The van der Waals surface area contributed by atoms with Gasteiger partial charge in [0.2, 0.25) is 0 Å². The average Bonchev–Trinajstić information content (AvgIpc) is 1.79. The third kappa shape index (κ3) is 2.03. The average molecular weight is 232 g/mol. The summed E-state index contributed by atoms with van der Waals surface area (Å²) < 4.78 is 42.9. The van der Waals surface area contributed by atoms with Gasteiger partial charge in [0.1, 0.15) is 0 Å². The van der Waals surface area contributed by atoms with Crippen LogP contribution >= 0.6 is 7.71 Å². The smallest absolute Gasteiger partial charge is 0.147 e. The van der Waals surface area contributed by atoms with E-state index in [2.05, 4.69) is 0 Å². The molecular formula is C7H18F3N3P+. The molecule has 0 aliphatic rings. The van der Waals surface area contributed by atoms with Crippen LogP contribution in [0.2, 0.25) is 0 Å². The molecule has 0 amide bonds. The van der Waals surface area contributed by atoms with Gasteiger partial charge in [0.05, 0.1) is 0 Å². The Bertz CT molecular complexity index is 169. The predicted octanol–water partition coefficient (Wildman–Crippen LogP) is 1.95. The number of nitrogens with zero attached hydrogens (tertiary/aromatic N) is 3. The van der Waals surface area contributed by atoms with Gasteiger partial charge in [-0.1, -0.05) is 0 Å². The first-order chi connectivity index (χ1) is 6.08. The first-order valence-electron chi connectivity index (χ1n) is 4.07. The molecule has 0 unspecified atom stereocenters. The van der Waals surface area contributed by atoms with E-state index < -0.39 is 13.6 Å². The summed E-state index contributed by atoms with van der Waals surface area (Å²) in [6.07, 6.45) is 0. The number of hydrogen-bond acceptors (Lipinski definition) is 3. The quantitative estimate of drug-likeness (QED) is 0.689. The molecule has 0 radical (unpaired) electrons. The lowest BCUT2D eigenvalue weighted by Gasteiger charge is -2.39. The van der Waals surface area contributed by atoms with E-state index in [4.69, 9.17) is 0 Å². The van der Waals surface area contributed by atoms with Gasteiger partial charge in [0.15, 0.2) is 0 Å². The third-order valence-corrected chi connectivity index (χ3v) is 6.04. The molecule has 0 heterocycles. The Kier molecular flexibility index (Phi) is 4.34. The molecule has 0 rings (SSSR count). The van der Waals surface area contributed by atoms with E-state index in [0.717, 1.165) is 0 Å². The molecule has 86 valence electrons. The van der Waals surface area contributed by atoms with Crippen LogP contribution in [-0.4, -0.2) is 62.2 Å². The van der Waals surface area contributed by atoms with E-state index >= 15 is 0 Å². The molecule has 0 fully saturated rings. The Morgan fingerprint density at radius 3 is 0.929 bits per heavy atom. The zero-order valence-electron chi connectivity index (χ0n) is 9.42. The van der Waals surface area contributed by atoms with E-state index in [0.29, 0.717) is 0 Å². The van der Waals surface area contributed by atoms with Gasteiger partial charge in [-0.05, 0) is 0 Å². The Morgan fingerprint density at radius 1 is 0.714 bits per heavy atom. The SMILES string of the molecule is CN(C)[P+](N(C)C)(N(C)C)C(F)(F)F. The molecule has 0 bridgehead atoms. The molecule has 0 N–H and O–H groups in total. The first kappa shape index (κ1) is 14.1. The van der Waals surface area contributed by atoms with Gasteiger partial charge >= 0.3 is 13.6 Å². The van der Waals surface area contributed by atoms with E-state index in [9.17, 15) is 13.2 Å². The predicted molar refractivity (Wildman–Crippen MR) is 54.0 cm³/mol. The van der Waals surface area contributed by atoms with Gasteiger partial charge in [0.25, 0.3) is 0 Å². The molecule has 7 heteroatoms. The highest BCUT2D eigenvalue weighted by Crippen LogP contribution is 2.74.